The van der Waals surface area contributed by atoms with Gasteiger partial charge in [0.15, 0.2) is 0 Å². The molecule has 0 saturated carbocycles. The van der Waals surface area contributed by atoms with Crippen molar-refractivity contribution in [3.63, 3.8) is 0 Å². The minimum atomic E-state index is -0.386. The summed E-state index contributed by atoms with van der Waals surface area (Å²) in [6, 6.07) is 6.91. The molecular weight excluding hydrogens is 308 g/mol. The van der Waals surface area contributed by atoms with Gasteiger partial charge in [-0.1, -0.05) is 6.07 Å². The molecule has 1 heterocycles. The Balaban J connectivity index is 1.80. The van der Waals surface area contributed by atoms with E-state index in [0.29, 0.717) is 31.0 Å². The first kappa shape index (κ1) is 18.4. The number of nitrogens with one attached hydrogen (secondary N) is 2. The summed E-state index contributed by atoms with van der Waals surface area (Å²) >= 11 is 0. The fraction of sp³-hybridized carbons (Fsp3) is 0.556. The monoisotopic (exact) mass is 334 g/mol. The molecule has 0 unspecified atom stereocenters. The van der Waals surface area contributed by atoms with Gasteiger partial charge in [-0.05, 0) is 51.3 Å². The number of carbonyl (C=O) groups excluding carboxylic acids is 2. The second kappa shape index (κ2) is 9.39. The Kier molecular flexibility index (Phi) is 7.21. The SMILES string of the molecule is CC(C)OCCCNC(=O)c1cccc(NC(=O)[C@@H]2CCCO2)c1. The molecule has 1 aliphatic rings. The van der Waals surface area contributed by atoms with Crippen LogP contribution in [0.1, 0.15) is 43.5 Å². The third kappa shape index (κ3) is 5.94. The lowest BCUT2D eigenvalue weighted by Gasteiger charge is -2.12. The number of amides is 2. The number of rotatable bonds is 8. The molecular formula is C18H26N2O4. The molecule has 0 aromatic heterocycles. The van der Waals surface area contributed by atoms with Crippen LogP contribution in [0.25, 0.3) is 0 Å². The van der Waals surface area contributed by atoms with E-state index in [0.717, 1.165) is 19.3 Å². The summed E-state index contributed by atoms with van der Waals surface area (Å²) in [5, 5.41) is 5.66. The normalized spacial score (nSPS) is 17.0. The van der Waals surface area contributed by atoms with E-state index in [4.69, 9.17) is 9.47 Å². The van der Waals surface area contributed by atoms with Crippen LogP contribution in [-0.2, 0) is 14.3 Å². The van der Waals surface area contributed by atoms with Gasteiger partial charge in [0.25, 0.3) is 11.8 Å². The summed E-state index contributed by atoms with van der Waals surface area (Å²) in [6.07, 6.45) is 2.22. The predicted molar refractivity (Wildman–Crippen MR) is 92.1 cm³/mol. The Hall–Kier alpha value is -1.92. The molecule has 2 amide bonds. The minimum Gasteiger partial charge on any atom is -0.379 e. The van der Waals surface area contributed by atoms with Crippen LogP contribution in [0.3, 0.4) is 0 Å². The Morgan fingerprint density at radius 3 is 2.92 bits per heavy atom. The second-order valence-electron chi connectivity index (χ2n) is 6.10. The lowest BCUT2D eigenvalue weighted by Crippen LogP contribution is -2.27. The zero-order valence-electron chi connectivity index (χ0n) is 14.3. The van der Waals surface area contributed by atoms with E-state index in [1.807, 2.05) is 13.8 Å². The largest absolute Gasteiger partial charge is 0.379 e. The summed E-state index contributed by atoms with van der Waals surface area (Å²) in [5.74, 6) is -0.316. The molecule has 6 heteroatoms. The summed E-state index contributed by atoms with van der Waals surface area (Å²) < 4.78 is 10.8. The van der Waals surface area contributed by atoms with Crippen molar-refractivity contribution in [3.05, 3.63) is 29.8 Å². The number of ether oxygens (including phenoxy) is 2. The van der Waals surface area contributed by atoms with Gasteiger partial charge in [-0.2, -0.15) is 0 Å². The van der Waals surface area contributed by atoms with Crippen LogP contribution >= 0.6 is 0 Å². The molecule has 1 atom stereocenters. The van der Waals surface area contributed by atoms with Crippen LogP contribution in [0, 0.1) is 0 Å². The van der Waals surface area contributed by atoms with E-state index in [2.05, 4.69) is 10.6 Å². The molecule has 0 radical (unpaired) electrons. The molecule has 1 aliphatic heterocycles. The molecule has 24 heavy (non-hydrogen) atoms. The van der Waals surface area contributed by atoms with Gasteiger partial charge in [0, 0.05) is 31.0 Å². The first-order chi connectivity index (χ1) is 11.6. The fourth-order valence-corrected chi connectivity index (χ4v) is 2.44. The number of hydrogen-bond acceptors (Lipinski definition) is 4. The second-order valence-corrected chi connectivity index (χ2v) is 6.10. The van der Waals surface area contributed by atoms with Crippen molar-refractivity contribution < 1.29 is 19.1 Å². The first-order valence-electron chi connectivity index (χ1n) is 8.48. The molecule has 1 fully saturated rings. The van der Waals surface area contributed by atoms with Crippen molar-refractivity contribution in [2.24, 2.45) is 0 Å². The van der Waals surface area contributed by atoms with Crippen LogP contribution in [0.15, 0.2) is 24.3 Å². The molecule has 1 aromatic carbocycles. The number of anilines is 1. The highest BCUT2D eigenvalue weighted by atomic mass is 16.5. The van der Waals surface area contributed by atoms with E-state index in [1.165, 1.54) is 0 Å². The molecule has 132 valence electrons. The smallest absolute Gasteiger partial charge is 0.253 e. The third-order valence-corrected chi connectivity index (χ3v) is 3.67. The predicted octanol–water partition coefficient (Wildman–Crippen LogP) is 2.35. The van der Waals surface area contributed by atoms with E-state index in [9.17, 15) is 9.59 Å². The highest BCUT2D eigenvalue weighted by Crippen LogP contribution is 2.16. The molecule has 0 aliphatic carbocycles. The van der Waals surface area contributed by atoms with Gasteiger partial charge in [-0.3, -0.25) is 9.59 Å². The molecule has 2 N–H and O–H groups in total. The summed E-state index contributed by atoms with van der Waals surface area (Å²) in [5.41, 5.74) is 1.12. The van der Waals surface area contributed by atoms with E-state index >= 15 is 0 Å². The Labute approximate surface area is 142 Å². The molecule has 0 bridgehead atoms. The molecule has 0 spiro atoms. The van der Waals surface area contributed by atoms with Crippen molar-refractivity contribution >= 4 is 17.5 Å². The van der Waals surface area contributed by atoms with Gasteiger partial charge in [0.2, 0.25) is 0 Å². The van der Waals surface area contributed by atoms with Crippen molar-refractivity contribution in [1.29, 1.82) is 0 Å². The number of hydrogen-bond donors (Lipinski definition) is 2. The van der Waals surface area contributed by atoms with Crippen molar-refractivity contribution in [2.75, 3.05) is 25.1 Å². The average Bonchev–Trinajstić information content (AvgIpc) is 3.09. The first-order valence-corrected chi connectivity index (χ1v) is 8.48. The van der Waals surface area contributed by atoms with E-state index < -0.39 is 0 Å². The van der Waals surface area contributed by atoms with Crippen LogP contribution < -0.4 is 10.6 Å². The maximum absolute atomic E-state index is 12.1. The molecule has 1 saturated heterocycles. The maximum atomic E-state index is 12.1. The van der Waals surface area contributed by atoms with Gasteiger partial charge < -0.3 is 20.1 Å². The van der Waals surface area contributed by atoms with Crippen LogP contribution in [0.5, 0.6) is 0 Å². The Morgan fingerprint density at radius 2 is 2.21 bits per heavy atom. The van der Waals surface area contributed by atoms with E-state index in [1.54, 1.807) is 24.3 Å². The number of carbonyl (C=O) groups is 2. The standard InChI is InChI=1S/C18H26N2O4/c1-13(2)23-11-5-9-19-17(21)14-6-3-7-15(12-14)20-18(22)16-8-4-10-24-16/h3,6-7,12-13,16H,4-5,8-11H2,1-2H3,(H,19,21)(H,20,22)/t16-/m0/s1. The van der Waals surface area contributed by atoms with Gasteiger partial charge in [0.05, 0.1) is 6.10 Å². The van der Waals surface area contributed by atoms with Crippen LogP contribution in [0.2, 0.25) is 0 Å². The Morgan fingerprint density at radius 1 is 1.38 bits per heavy atom. The zero-order valence-corrected chi connectivity index (χ0v) is 14.3. The molecule has 6 nitrogen and oxygen atoms in total. The zero-order chi connectivity index (χ0) is 17.4. The maximum Gasteiger partial charge on any atom is 0.253 e. The van der Waals surface area contributed by atoms with Crippen LogP contribution in [0.4, 0.5) is 5.69 Å². The van der Waals surface area contributed by atoms with E-state index in [-0.39, 0.29) is 24.0 Å². The van der Waals surface area contributed by atoms with Crippen molar-refractivity contribution in [1.82, 2.24) is 5.32 Å². The fourth-order valence-electron chi connectivity index (χ4n) is 2.44. The van der Waals surface area contributed by atoms with Crippen molar-refractivity contribution in [2.45, 2.75) is 45.3 Å². The number of benzene rings is 1. The minimum absolute atomic E-state index is 0.157. The molecule has 1 aromatic rings. The van der Waals surface area contributed by atoms with Crippen molar-refractivity contribution in [3.8, 4) is 0 Å². The highest BCUT2D eigenvalue weighted by molar-refractivity contribution is 5.98. The summed E-state index contributed by atoms with van der Waals surface area (Å²) in [7, 11) is 0. The molecule has 2 rings (SSSR count). The Bertz CT molecular complexity index is 554. The lowest BCUT2D eigenvalue weighted by atomic mass is 10.1. The van der Waals surface area contributed by atoms with Gasteiger partial charge >= 0.3 is 0 Å². The lowest BCUT2D eigenvalue weighted by molar-refractivity contribution is -0.124. The summed E-state index contributed by atoms with van der Waals surface area (Å²) in [6.45, 7) is 5.76. The van der Waals surface area contributed by atoms with Gasteiger partial charge in [-0.25, -0.2) is 0 Å². The average molecular weight is 334 g/mol. The van der Waals surface area contributed by atoms with Crippen LogP contribution in [-0.4, -0.2) is 43.8 Å². The van der Waals surface area contributed by atoms with Gasteiger partial charge in [-0.15, -0.1) is 0 Å². The summed E-state index contributed by atoms with van der Waals surface area (Å²) in [4.78, 5) is 24.2. The quantitative estimate of drug-likeness (QED) is 0.716. The van der Waals surface area contributed by atoms with Gasteiger partial charge in [0.1, 0.15) is 6.10 Å². The highest BCUT2D eigenvalue weighted by Gasteiger charge is 2.23. The topological polar surface area (TPSA) is 76.7 Å². The third-order valence-electron chi connectivity index (χ3n) is 3.67.